The lowest BCUT2D eigenvalue weighted by atomic mass is 9.97. The van der Waals surface area contributed by atoms with E-state index in [4.69, 9.17) is 9.47 Å². The highest BCUT2D eigenvalue weighted by atomic mass is 16.7. The molecule has 5 N–H and O–H groups in total. The van der Waals surface area contributed by atoms with Crippen LogP contribution in [0.2, 0.25) is 0 Å². The second-order valence-electron chi connectivity index (χ2n) is 6.17. The molecule has 12 nitrogen and oxygen atoms in total. The monoisotopic (exact) mass is 399 g/mol. The van der Waals surface area contributed by atoms with Gasteiger partial charge in [0.25, 0.3) is 5.69 Å². The van der Waals surface area contributed by atoms with E-state index in [2.05, 4.69) is 10.6 Å². The molecule has 0 unspecified atom stereocenters. The van der Waals surface area contributed by atoms with Gasteiger partial charge in [-0.25, -0.2) is 0 Å². The second kappa shape index (κ2) is 8.93. The summed E-state index contributed by atoms with van der Waals surface area (Å²) < 4.78 is 11.1. The topological polar surface area (TPSA) is 180 Å². The van der Waals surface area contributed by atoms with Crippen molar-refractivity contribution in [2.45, 2.75) is 44.5 Å². The number of hydrogen-bond donors (Lipinski definition) is 5. The number of aliphatic hydroxyl groups excluding tert-OH is 3. The minimum atomic E-state index is -1.53. The van der Waals surface area contributed by atoms with Crippen molar-refractivity contribution in [3.8, 4) is 5.75 Å². The third-order valence-corrected chi connectivity index (χ3v) is 3.98. The van der Waals surface area contributed by atoms with Crippen molar-refractivity contribution in [1.82, 2.24) is 5.32 Å². The van der Waals surface area contributed by atoms with Gasteiger partial charge < -0.3 is 35.4 Å². The first-order chi connectivity index (χ1) is 13.1. The lowest BCUT2D eigenvalue weighted by Gasteiger charge is -2.42. The number of benzene rings is 1. The molecule has 0 spiro atoms. The Balaban J connectivity index is 2.37. The van der Waals surface area contributed by atoms with Crippen molar-refractivity contribution in [2.75, 3.05) is 11.9 Å². The van der Waals surface area contributed by atoms with Crippen LogP contribution in [0, 0.1) is 10.1 Å². The Morgan fingerprint density at radius 1 is 1.25 bits per heavy atom. The van der Waals surface area contributed by atoms with Crippen LogP contribution in [0.25, 0.3) is 0 Å². The quantitative estimate of drug-likeness (QED) is 0.292. The number of nitrogens with zero attached hydrogens (tertiary/aromatic N) is 1. The summed E-state index contributed by atoms with van der Waals surface area (Å²) in [6.45, 7) is 1.74. The van der Waals surface area contributed by atoms with E-state index in [9.17, 15) is 35.0 Å². The number of amides is 2. The number of ether oxygens (including phenoxy) is 2. The van der Waals surface area contributed by atoms with Crippen LogP contribution < -0.4 is 15.4 Å². The number of rotatable bonds is 6. The predicted octanol–water partition coefficient (Wildman–Crippen LogP) is -1.12. The minimum absolute atomic E-state index is 0.0342. The molecule has 1 saturated heterocycles. The van der Waals surface area contributed by atoms with Crippen LogP contribution in [0.1, 0.15) is 13.8 Å². The van der Waals surface area contributed by atoms with Crippen LogP contribution >= 0.6 is 0 Å². The van der Waals surface area contributed by atoms with Gasteiger partial charge in [-0.05, 0) is 6.07 Å². The van der Waals surface area contributed by atoms with E-state index in [-0.39, 0.29) is 17.1 Å². The third kappa shape index (κ3) is 4.92. The van der Waals surface area contributed by atoms with Crippen LogP contribution in [-0.2, 0) is 14.3 Å². The number of carbonyl (C=O) groups excluding carboxylic acids is 2. The summed E-state index contributed by atoms with van der Waals surface area (Å²) in [6.07, 6.45) is -5.59. The molecule has 0 saturated carbocycles. The summed E-state index contributed by atoms with van der Waals surface area (Å²) >= 11 is 0. The van der Waals surface area contributed by atoms with Crippen molar-refractivity contribution < 1.29 is 39.3 Å². The normalized spacial score (nSPS) is 27.0. The maximum Gasteiger partial charge on any atom is 0.271 e. The molecule has 1 aliphatic heterocycles. The second-order valence-corrected chi connectivity index (χ2v) is 6.17. The summed E-state index contributed by atoms with van der Waals surface area (Å²) in [5, 5.41) is 45.3. The maximum atomic E-state index is 11.4. The molecule has 0 aromatic heterocycles. The summed E-state index contributed by atoms with van der Waals surface area (Å²) in [4.78, 5) is 33.2. The molecule has 28 heavy (non-hydrogen) atoms. The van der Waals surface area contributed by atoms with Gasteiger partial charge in [0.15, 0.2) is 0 Å². The number of carbonyl (C=O) groups is 2. The summed E-state index contributed by atoms with van der Waals surface area (Å²) in [5.41, 5.74) is -0.337. The fourth-order valence-corrected chi connectivity index (χ4v) is 2.72. The average molecular weight is 399 g/mol. The Hall–Kier alpha value is -2.80. The van der Waals surface area contributed by atoms with Gasteiger partial charge in [0.05, 0.1) is 17.2 Å². The summed E-state index contributed by atoms with van der Waals surface area (Å²) in [7, 11) is 0. The number of aliphatic hydroxyl groups is 3. The van der Waals surface area contributed by atoms with Crippen molar-refractivity contribution in [1.29, 1.82) is 0 Å². The SMILES string of the molecule is CC(=O)Nc1cc([N+](=O)[O-])ccc1O[C@@H]1O[C@H](CO)[C@@H](O)[C@H](O)[C@H]1NC(C)=O. The zero-order valence-electron chi connectivity index (χ0n) is 15.1. The molecule has 1 heterocycles. The van der Waals surface area contributed by atoms with Crippen LogP contribution in [0.4, 0.5) is 11.4 Å². The van der Waals surface area contributed by atoms with Crippen molar-refractivity contribution in [3.05, 3.63) is 28.3 Å². The highest BCUT2D eigenvalue weighted by Crippen LogP contribution is 2.32. The van der Waals surface area contributed by atoms with E-state index >= 15 is 0 Å². The van der Waals surface area contributed by atoms with Crippen LogP contribution in [0.5, 0.6) is 5.75 Å². The Kier molecular flexibility index (Phi) is 6.85. The van der Waals surface area contributed by atoms with Gasteiger partial charge in [-0.1, -0.05) is 0 Å². The fourth-order valence-electron chi connectivity index (χ4n) is 2.72. The summed E-state index contributed by atoms with van der Waals surface area (Å²) in [6, 6.07) is 2.20. The first kappa shape index (κ1) is 21.5. The molecule has 12 heteroatoms. The highest BCUT2D eigenvalue weighted by Gasteiger charge is 2.46. The molecule has 1 aromatic rings. The van der Waals surface area contributed by atoms with Crippen molar-refractivity contribution in [3.63, 3.8) is 0 Å². The number of nitrogens with one attached hydrogen (secondary N) is 2. The Morgan fingerprint density at radius 3 is 2.46 bits per heavy atom. The molecule has 1 aromatic carbocycles. The van der Waals surface area contributed by atoms with Gasteiger partial charge in [-0.2, -0.15) is 0 Å². The lowest BCUT2D eigenvalue weighted by molar-refractivity contribution is -0.384. The van der Waals surface area contributed by atoms with Crippen molar-refractivity contribution in [2.24, 2.45) is 0 Å². The van der Waals surface area contributed by atoms with Crippen LogP contribution in [-0.4, -0.2) is 69.3 Å². The van der Waals surface area contributed by atoms with Gasteiger partial charge in [-0.3, -0.25) is 19.7 Å². The molecule has 1 aliphatic rings. The van der Waals surface area contributed by atoms with E-state index in [1.54, 1.807) is 0 Å². The zero-order chi connectivity index (χ0) is 21.0. The zero-order valence-corrected chi connectivity index (χ0v) is 15.1. The van der Waals surface area contributed by atoms with Gasteiger partial charge in [0.1, 0.15) is 30.1 Å². The molecule has 1 fully saturated rings. The van der Waals surface area contributed by atoms with Gasteiger partial charge in [0, 0.05) is 26.0 Å². The molecule has 5 atom stereocenters. The lowest BCUT2D eigenvalue weighted by Crippen LogP contribution is -2.65. The van der Waals surface area contributed by atoms with E-state index in [1.165, 1.54) is 19.9 Å². The Bertz CT molecular complexity index is 757. The number of anilines is 1. The molecule has 2 amide bonds. The number of non-ortho nitro benzene ring substituents is 1. The van der Waals surface area contributed by atoms with E-state index < -0.39 is 54.0 Å². The average Bonchev–Trinajstić information content (AvgIpc) is 2.61. The number of nitro groups is 1. The molecule has 154 valence electrons. The van der Waals surface area contributed by atoms with Crippen LogP contribution in [0.3, 0.4) is 0 Å². The Labute approximate surface area is 159 Å². The first-order valence-corrected chi connectivity index (χ1v) is 8.26. The van der Waals surface area contributed by atoms with E-state index in [0.717, 1.165) is 12.1 Å². The van der Waals surface area contributed by atoms with Gasteiger partial charge in [0.2, 0.25) is 18.1 Å². The van der Waals surface area contributed by atoms with Crippen LogP contribution in [0.15, 0.2) is 18.2 Å². The molecule has 0 radical (unpaired) electrons. The maximum absolute atomic E-state index is 11.4. The fraction of sp³-hybridized carbons (Fsp3) is 0.500. The number of nitro benzene ring substituents is 1. The summed E-state index contributed by atoms with van der Waals surface area (Å²) in [5.74, 6) is -1.10. The van der Waals surface area contributed by atoms with E-state index in [0.29, 0.717) is 0 Å². The Morgan fingerprint density at radius 2 is 1.93 bits per heavy atom. The predicted molar refractivity (Wildman–Crippen MR) is 93.4 cm³/mol. The molecule has 0 bridgehead atoms. The standard InChI is InChI=1S/C16H21N3O9/c1-7(21)17-10-5-9(19(25)26)3-4-11(10)27-16-13(18-8(2)22)15(24)14(23)12(6-20)28-16/h3-5,12-16,20,23-24H,6H2,1-2H3,(H,17,21)(H,18,22)/t12-,13-,14-,15-,16-/m1/s1. The third-order valence-electron chi connectivity index (χ3n) is 3.98. The van der Waals surface area contributed by atoms with Gasteiger partial charge >= 0.3 is 0 Å². The largest absolute Gasteiger partial charge is 0.460 e. The molecular formula is C16H21N3O9. The smallest absolute Gasteiger partial charge is 0.271 e. The number of hydrogen-bond acceptors (Lipinski definition) is 9. The highest BCUT2D eigenvalue weighted by molar-refractivity contribution is 5.90. The minimum Gasteiger partial charge on any atom is -0.460 e. The first-order valence-electron chi connectivity index (χ1n) is 8.26. The van der Waals surface area contributed by atoms with E-state index in [1.807, 2.05) is 0 Å². The van der Waals surface area contributed by atoms with Gasteiger partial charge in [-0.15, -0.1) is 0 Å². The molecular weight excluding hydrogens is 378 g/mol. The van der Waals surface area contributed by atoms with Crippen molar-refractivity contribution >= 4 is 23.2 Å². The molecule has 2 rings (SSSR count). The molecule has 0 aliphatic carbocycles.